The van der Waals surface area contributed by atoms with Gasteiger partial charge < -0.3 is 10.1 Å². The first kappa shape index (κ1) is 15.0. The van der Waals surface area contributed by atoms with Crippen molar-refractivity contribution in [2.45, 2.75) is 19.8 Å². The number of hydrogen-bond acceptors (Lipinski definition) is 5. The van der Waals surface area contributed by atoms with E-state index in [2.05, 4.69) is 50.0 Å². The van der Waals surface area contributed by atoms with Gasteiger partial charge >= 0.3 is 6.01 Å². The van der Waals surface area contributed by atoms with E-state index in [4.69, 9.17) is 16.3 Å². The second-order valence-corrected chi connectivity index (χ2v) is 5.65. The molecule has 0 saturated carbocycles. The fraction of sp³-hybridized carbons (Fsp3) is 0.308. The minimum Gasteiger partial charge on any atom is -0.424 e. The summed E-state index contributed by atoms with van der Waals surface area (Å²) in [5, 5.41) is 2.89. The van der Waals surface area contributed by atoms with Crippen molar-refractivity contribution in [2.75, 3.05) is 12.4 Å². The summed E-state index contributed by atoms with van der Waals surface area (Å²) in [4.78, 5) is 12.0. The van der Waals surface area contributed by atoms with Crippen LogP contribution in [0, 0.1) is 0 Å². The van der Waals surface area contributed by atoms with E-state index in [0.29, 0.717) is 17.6 Å². The van der Waals surface area contributed by atoms with Crippen molar-refractivity contribution in [1.29, 1.82) is 0 Å². The smallest absolute Gasteiger partial charge is 0.328 e. The molecule has 0 unspecified atom stereocenters. The van der Waals surface area contributed by atoms with Gasteiger partial charge in [0.1, 0.15) is 5.75 Å². The number of aromatic nitrogens is 3. The van der Waals surface area contributed by atoms with Crippen LogP contribution in [0.2, 0.25) is 5.28 Å². The summed E-state index contributed by atoms with van der Waals surface area (Å²) in [6.45, 7) is 4.18. The van der Waals surface area contributed by atoms with Crippen molar-refractivity contribution >= 4 is 33.5 Å². The summed E-state index contributed by atoms with van der Waals surface area (Å²) >= 11 is 9.29. The first-order valence-electron chi connectivity index (χ1n) is 6.06. The second-order valence-electron chi connectivity index (χ2n) is 4.40. The molecular weight excluding hydrogens is 344 g/mol. The fourth-order valence-corrected chi connectivity index (χ4v) is 2.18. The molecule has 1 N–H and O–H groups in total. The maximum Gasteiger partial charge on any atom is 0.328 e. The molecule has 0 spiro atoms. The van der Waals surface area contributed by atoms with Crippen LogP contribution in [0.1, 0.15) is 25.3 Å². The van der Waals surface area contributed by atoms with Crippen LogP contribution in [0.3, 0.4) is 0 Å². The third kappa shape index (κ3) is 3.58. The predicted molar refractivity (Wildman–Crippen MR) is 82.7 cm³/mol. The van der Waals surface area contributed by atoms with E-state index in [-0.39, 0.29) is 11.3 Å². The Bertz CT molecular complexity index is 621. The number of anilines is 1. The maximum atomic E-state index is 5.83. The van der Waals surface area contributed by atoms with E-state index < -0.39 is 0 Å². The van der Waals surface area contributed by atoms with Crippen molar-refractivity contribution in [3.05, 3.63) is 33.5 Å². The lowest BCUT2D eigenvalue weighted by molar-refractivity contribution is 0.433. The normalized spacial score (nSPS) is 10.7. The van der Waals surface area contributed by atoms with E-state index >= 15 is 0 Å². The topological polar surface area (TPSA) is 59.9 Å². The Morgan fingerprint density at radius 2 is 2.00 bits per heavy atom. The molecule has 0 fully saturated rings. The number of rotatable bonds is 4. The van der Waals surface area contributed by atoms with Crippen LogP contribution >= 0.6 is 27.5 Å². The summed E-state index contributed by atoms with van der Waals surface area (Å²) in [6, 6.07) is 5.96. The molecule has 0 saturated heterocycles. The highest BCUT2D eigenvalue weighted by Gasteiger charge is 2.12. The molecule has 0 atom stereocenters. The van der Waals surface area contributed by atoms with Crippen molar-refractivity contribution in [3.63, 3.8) is 0 Å². The van der Waals surface area contributed by atoms with Gasteiger partial charge in [-0.05, 0) is 41.3 Å². The Kier molecular flexibility index (Phi) is 4.77. The SMILES string of the molecule is CNc1nc(Cl)nc(Oc2ccc(Br)cc2C(C)C)n1. The molecule has 2 rings (SSSR count). The Labute approximate surface area is 130 Å². The molecule has 106 valence electrons. The van der Waals surface area contributed by atoms with Crippen molar-refractivity contribution < 1.29 is 4.74 Å². The number of nitrogens with zero attached hydrogens (tertiary/aromatic N) is 3. The molecule has 0 aliphatic rings. The quantitative estimate of drug-likeness (QED) is 0.886. The first-order chi connectivity index (χ1) is 9.49. The number of nitrogens with one attached hydrogen (secondary N) is 1. The van der Waals surface area contributed by atoms with Gasteiger partial charge in [0.2, 0.25) is 11.2 Å². The Morgan fingerprint density at radius 3 is 2.65 bits per heavy atom. The van der Waals surface area contributed by atoms with Gasteiger partial charge in [-0.25, -0.2) is 0 Å². The molecule has 5 nitrogen and oxygen atoms in total. The van der Waals surface area contributed by atoms with E-state index in [1.807, 2.05) is 18.2 Å². The lowest BCUT2D eigenvalue weighted by Gasteiger charge is -2.13. The lowest BCUT2D eigenvalue weighted by atomic mass is 10.0. The predicted octanol–water partition coefficient (Wildman–Crippen LogP) is 4.24. The summed E-state index contributed by atoms with van der Waals surface area (Å²) in [6.07, 6.45) is 0. The zero-order valence-corrected chi connectivity index (χ0v) is 13.7. The summed E-state index contributed by atoms with van der Waals surface area (Å²) < 4.78 is 6.74. The molecule has 1 aromatic carbocycles. The highest BCUT2D eigenvalue weighted by atomic mass is 79.9. The third-order valence-electron chi connectivity index (χ3n) is 2.61. The molecule has 20 heavy (non-hydrogen) atoms. The third-order valence-corrected chi connectivity index (χ3v) is 3.27. The van der Waals surface area contributed by atoms with E-state index in [0.717, 1.165) is 10.0 Å². The molecule has 0 amide bonds. The fourth-order valence-electron chi connectivity index (χ4n) is 1.65. The highest BCUT2D eigenvalue weighted by Crippen LogP contribution is 2.32. The van der Waals surface area contributed by atoms with Crippen LogP contribution < -0.4 is 10.1 Å². The number of benzene rings is 1. The standard InChI is InChI=1S/C13H14BrClN4O/c1-7(2)9-6-8(14)4-5-10(9)20-13-18-11(15)17-12(16-3)19-13/h4-7H,1-3H3,(H,16,17,18,19). The van der Waals surface area contributed by atoms with E-state index in [1.165, 1.54) is 0 Å². The largest absolute Gasteiger partial charge is 0.424 e. The Hall–Kier alpha value is -1.40. The molecule has 7 heteroatoms. The summed E-state index contributed by atoms with van der Waals surface area (Å²) in [5.74, 6) is 1.37. The van der Waals surface area contributed by atoms with Crippen molar-refractivity contribution in [2.24, 2.45) is 0 Å². The van der Waals surface area contributed by atoms with Gasteiger partial charge in [-0.15, -0.1) is 0 Å². The maximum absolute atomic E-state index is 5.83. The molecule has 1 heterocycles. The van der Waals surface area contributed by atoms with E-state index in [1.54, 1.807) is 7.05 Å². The number of ether oxygens (including phenoxy) is 1. The molecule has 2 aromatic rings. The monoisotopic (exact) mass is 356 g/mol. The van der Waals surface area contributed by atoms with Gasteiger partial charge in [-0.2, -0.15) is 15.0 Å². The molecule has 1 aromatic heterocycles. The lowest BCUT2D eigenvalue weighted by Crippen LogP contribution is -2.02. The van der Waals surface area contributed by atoms with E-state index in [9.17, 15) is 0 Å². The molecule has 0 aliphatic carbocycles. The Balaban J connectivity index is 2.37. The Morgan fingerprint density at radius 1 is 1.25 bits per heavy atom. The van der Waals surface area contributed by atoms with Crippen LogP contribution in [-0.2, 0) is 0 Å². The minimum absolute atomic E-state index is 0.0857. The first-order valence-corrected chi connectivity index (χ1v) is 7.23. The van der Waals surface area contributed by atoms with Crippen LogP contribution in [0.25, 0.3) is 0 Å². The number of halogens is 2. The number of hydrogen-bond donors (Lipinski definition) is 1. The van der Waals surface area contributed by atoms with Crippen LogP contribution in [0.4, 0.5) is 5.95 Å². The summed E-state index contributed by atoms with van der Waals surface area (Å²) in [7, 11) is 1.70. The van der Waals surface area contributed by atoms with Gasteiger partial charge in [0.05, 0.1) is 0 Å². The minimum atomic E-state index is 0.0857. The molecule has 0 aliphatic heterocycles. The highest BCUT2D eigenvalue weighted by molar-refractivity contribution is 9.10. The van der Waals surface area contributed by atoms with Gasteiger partial charge in [-0.1, -0.05) is 29.8 Å². The van der Waals surface area contributed by atoms with Gasteiger partial charge in [0.25, 0.3) is 0 Å². The van der Waals surface area contributed by atoms with Crippen molar-refractivity contribution in [1.82, 2.24) is 15.0 Å². The zero-order chi connectivity index (χ0) is 14.7. The average Bonchev–Trinajstić information content (AvgIpc) is 2.40. The van der Waals surface area contributed by atoms with Crippen LogP contribution in [-0.4, -0.2) is 22.0 Å². The van der Waals surface area contributed by atoms with Crippen LogP contribution in [0.15, 0.2) is 22.7 Å². The van der Waals surface area contributed by atoms with Crippen LogP contribution in [0.5, 0.6) is 11.8 Å². The molecule has 0 radical (unpaired) electrons. The molecule has 0 bridgehead atoms. The van der Waals surface area contributed by atoms with Gasteiger partial charge in [0.15, 0.2) is 0 Å². The summed E-state index contributed by atoms with van der Waals surface area (Å²) in [5.41, 5.74) is 1.06. The zero-order valence-electron chi connectivity index (χ0n) is 11.3. The average molecular weight is 358 g/mol. The van der Waals surface area contributed by atoms with Gasteiger partial charge in [-0.3, -0.25) is 0 Å². The van der Waals surface area contributed by atoms with Gasteiger partial charge in [0, 0.05) is 11.5 Å². The second kappa shape index (κ2) is 6.37. The molecular formula is C13H14BrClN4O. The van der Waals surface area contributed by atoms with Crippen molar-refractivity contribution in [3.8, 4) is 11.8 Å².